The topological polar surface area (TPSA) is 24.9 Å². The van der Waals surface area contributed by atoms with E-state index in [9.17, 15) is 0 Å². The van der Waals surface area contributed by atoms with E-state index in [1.807, 2.05) is 14.2 Å². The first kappa shape index (κ1) is 29.9. The summed E-state index contributed by atoms with van der Waals surface area (Å²) >= 11 is -3.27. The van der Waals surface area contributed by atoms with Crippen molar-refractivity contribution in [3.63, 3.8) is 0 Å². The second-order valence-corrected chi connectivity index (χ2v) is 25.2. The number of rotatable bonds is 13. The van der Waals surface area contributed by atoms with E-state index < -0.39 is 22.0 Å². The van der Waals surface area contributed by atoms with E-state index in [0.717, 1.165) is 18.0 Å². The van der Waals surface area contributed by atoms with E-state index in [4.69, 9.17) is 7.53 Å². The summed E-state index contributed by atoms with van der Waals surface area (Å²) in [5.41, 5.74) is 2.80. The number of hydrogen-bond acceptors (Lipinski definition) is 4. The predicted octanol–water partition coefficient (Wildman–Crippen LogP) is 5.74. The zero-order chi connectivity index (χ0) is 24.9. The molecule has 186 valence electrons. The van der Waals surface area contributed by atoms with Gasteiger partial charge in [0.05, 0.1) is 0 Å². The Labute approximate surface area is 204 Å². The number of hydrogen-bond donors (Lipinski definition) is 0. The first-order valence-electron chi connectivity index (χ1n) is 12.4. The van der Waals surface area contributed by atoms with Gasteiger partial charge in [0.15, 0.2) is 0 Å². The van der Waals surface area contributed by atoms with E-state index in [1.54, 1.807) is 0 Å². The minimum absolute atomic E-state index is 0.485. The molecule has 0 saturated heterocycles. The molecule has 32 heavy (non-hydrogen) atoms. The van der Waals surface area contributed by atoms with Crippen LogP contribution in [0, 0.1) is 0 Å². The summed E-state index contributed by atoms with van der Waals surface area (Å²) in [6.45, 7) is 27.6. The summed E-state index contributed by atoms with van der Waals surface area (Å²) in [5.74, 6) is 0. The molecule has 0 bridgehead atoms. The summed E-state index contributed by atoms with van der Waals surface area (Å²) in [4.78, 5) is 6.27. The van der Waals surface area contributed by atoms with E-state index in [0.29, 0.717) is 24.2 Å². The van der Waals surface area contributed by atoms with E-state index >= 15 is 0 Å². The van der Waals surface area contributed by atoms with Gasteiger partial charge in [0, 0.05) is 0 Å². The third kappa shape index (κ3) is 7.95. The molecule has 0 aliphatic heterocycles. The Morgan fingerprint density at radius 1 is 0.719 bits per heavy atom. The van der Waals surface area contributed by atoms with Crippen molar-refractivity contribution in [1.82, 2.24) is 9.80 Å². The maximum atomic E-state index is 6.50. The van der Waals surface area contributed by atoms with E-state index in [2.05, 4.69) is 103 Å². The second kappa shape index (κ2) is 12.5. The van der Waals surface area contributed by atoms with Gasteiger partial charge in [-0.3, -0.25) is 0 Å². The molecule has 6 heteroatoms. The Hall–Kier alpha value is -0.180. The summed E-state index contributed by atoms with van der Waals surface area (Å²) < 4.78 is 14.4. The Morgan fingerprint density at radius 2 is 1.06 bits per heavy atom. The number of benzene rings is 1. The molecule has 0 spiro atoms. The molecule has 1 aromatic rings. The third-order valence-corrected chi connectivity index (χ3v) is 23.2. The van der Waals surface area contributed by atoms with Crippen molar-refractivity contribution in [2.24, 2.45) is 0 Å². The van der Waals surface area contributed by atoms with Crippen LogP contribution < -0.4 is 4.40 Å². The van der Waals surface area contributed by atoms with Gasteiger partial charge in [-0.05, 0) is 0 Å². The molecule has 0 N–H and O–H groups in total. The van der Waals surface area contributed by atoms with Gasteiger partial charge in [-0.1, -0.05) is 0 Å². The number of nitrogens with zero attached hydrogens (tertiary/aromatic N) is 2. The fraction of sp³-hybridized carbons (Fsp3) is 0.769. The fourth-order valence-electron chi connectivity index (χ4n) is 4.94. The average molecular weight is 525 g/mol. The van der Waals surface area contributed by atoms with Gasteiger partial charge in [-0.2, -0.15) is 0 Å². The molecule has 0 unspecified atom stereocenters. The van der Waals surface area contributed by atoms with Gasteiger partial charge in [0.2, 0.25) is 0 Å². The van der Waals surface area contributed by atoms with E-state index in [-0.39, 0.29) is 0 Å². The zero-order valence-corrected chi connectivity index (χ0v) is 26.5. The fourth-order valence-corrected chi connectivity index (χ4v) is 22.5. The van der Waals surface area contributed by atoms with Crippen molar-refractivity contribution < 1.29 is 7.53 Å². The van der Waals surface area contributed by atoms with Crippen molar-refractivity contribution in [3.8, 4) is 0 Å². The summed E-state index contributed by atoms with van der Waals surface area (Å²) in [6.07, 6.45) is 0. The van der Waals surface area contributed by atoms with Crippen molar-refractivity contribution in [2.45, 2.75) is 117 Å². The van der Waals surface area contributed by atoms with Crippen LogP contribution in [0.3, 0.4) is 0 Å². The second-order valence-electron chi connectivity index (χ2n) is 11.6. The van der Waals surface area contributed by atoms with Gasteiger partial charge in [0.25, 0.3) is 0 Å². The molecular formula is C26H52GeN2O2Si. The molecular weight excluding hydrogens is 473 g/mol. The van der Waals surface area contributed by atoms with Crippen molar-refractivity contribution in [1.29, 1.82) is 0 Å². The maximum absolute atomic E-state index is 6.50. The molecule has 0 saturated carbocycles. The standard InChI is InChI=1S/C26H52GeN2O2Si/c1-20(2)28(21(3)4)17-24-15-14-16-25(18-29(22(5)6)23(7)8)26(24)27(30-9,31-10)19-32(11,12)13/h14-16,20-23H,17-19H2,1-13H3. The van der Waals surface area contributed by atoms with Crippen LogP contribution in [0.15, 0.2) is 18.2 Å². The average Bonchev–Trinajstić information content (AvgIpc) is 2.66. The van der Waals surface area contributed by atoms with Gasteiger partial charge in [-0.25, -0.2) is 0 Å². The molecule has 0 aromatic heterocycles. The summed E-state index contributed by atoms with van der Waals surface area (Å²) in [5, 5.41) is 0. The van der Waals surface area contributed by atoms with Crippen LogP contribution in [0.4, 0.5) is 0 Å². The Balaban J connectivity index is 3.77. The predicted molar refractivity (Wildman–Crippen MR) is 146 cm³/mol. The monoisotopic (exact) mass is 526 g/mol. The van der Waals surface area contributed by atoms with Crippen molar-refractivity contribution >= 4 is 26.4 Å². The van der Waals surface area contributed by atoms with Gasteiger partial charge < -0.3 is 0 Å². The van der Waals surface area contributed by atoms with Crippen molar-refractivity contribution in [2.75, 3.05) is 14.2 Å². The summed E-state index contributed by atoms with van der Waals surface area (Å²) in [7, 11) is 2.37. The molecule has 0 atom stereocenters. The molecule has 0 radical (unpaired) electrons. The Morgan fingerprint density at radius 3 is 1.31 bits per heavy atom. The molecule has 0 heterocycles. The van der Waals surface area contributed by atoms with E-state index in [1.165, 1.54) is 15.5 Å². The van der Waals surface area contributed by atoms with Crippen LogP contribution in [0.2, 0.25) is 24.5 Å². The van der Waals surface area contributed by atoms with Crippen molar-refractivity contribution in [3.05, 3.63) is 29.3 Å². The SMILES string of the molecule is C[O][Ge]([CH2][Si](C)(C)C)([O]C)[c]1c(CN(C(C)C)C(C)C)cccc1CN(C(C)C)C(C)C. The summed E-state index contributed by atoms with van der Waals surface area (Å²) in [6, 6.07) is 8.84. The quantitative estimate of drug-likeness (QED) is 0.307. The molecule has 0 aliphatic carbocycles. The third-order valence-electron chi connectivity index (χ3n) is 6.40. The van der Waals surface area contributed by atoms with Gasteiger partial charge in [-0.15, -0.1) is 0 Å². The first-order chi connectivity index (χ1) is 14.7. The van der Waals surface area contributed by atoms with Crippen LogP contribution in [0.5, 0.6) is 0 Å². The van der Waals surface area contributed by atoms with Crippen LogP contribution >= 0.6 is 0 Å². The molecule has 1 aromatic carbocycles. The Kier molecular flexibility index (Phi) is 11.7. The normalized spacial score (nSPS) is 13.6. The van der Waals surface area contributed by atoms with Crippen LogP contribution in [0.25, 0.3) is 0 Å². The van der Waals surface area contributed by atoms with Gasteiger partial charge in [0.1, 0.15) is 0 Å². The zero-order valence-electron chi connectivity index (χ0n) is 23.4. The molecule has 0 amide bonds. The Bertz CT molecular complexity index is 641. The molecule has 0 fully saturated rings. The minimum atomic E-state index is -3.27. The first-order valence-corrected chi connectivity index (χ1v) is 20.4. The molecule has 1 rings (SSSR count). The molecule has 4 nitrogen and oxygen atoms in total. The molecule has 0 aliphatic rings. The van der Waals surface area contributed by atoms with Gasteiger partial charge >= 0.3 is 204 Å². The van der Waals surface area contributed by atoms with Crippen LogP contribution in [-0.4, -0.2) is 70.2 Å². The van der Waals surface area contributed by atoms with Crippen LogP contribution in [0.1, 0.15) is 66.5 Å². The van der Waals surface area contributed by atoms with Crippen LogP contribution in [-0.2, 0) is 20.6 Å².